The van der Waals surface area contributed by atoms with Crippen LogP contribution in [-0.4, -0.2) is 22.4 Å². The lowest BCUT2D eigenvalue weighted by molar-refractivity contribution is -0.0868. The summed E-state index contributed by atoms with van der Waals surface area (Å²) in [5.41, 5.74) is 0. The molecule has 0 aromatic rings. The Morgan fingerprint density at radius 3 is 2.38 bits per heavy atom. The summed E-state index contributed by atoms with van der Waals surface area (Å²) in [7, 11) is 0. The average molecular weight is 184 g/mol. The molecule has 0 bridgehead atoms. The smallest absolute Gasteiger partial charge is 0.0832 e. The quantitative estimate of drug-likeness (QED) is 0.597. The molecule has 0 spiro atoms. The summed E-state index contributed by atoms with van der Waals surface area (Å²) < 4.78 is 0. The van der Waals surface area contributed by atoms with Crippen molar-refractivity contribution in [1.82, 2.24) is 0 Å². The van der Waals surface area contributed by atoms with Crippen LogP contribution in [0, 0.1) is 23.7 Å². The predicted molar refractivity (Wildman–Crippen MR) is 51.2 cm³/mol. The Labute approximate surface area is 80.0 Å². The van der Waals surface area contributed by atoms with E-state index in [-0.39, 0.29) is 0 Å². The van der Waals surface area contributed by atoms with E-state index in [2.05, 4.69) is 13.8 Å². The Morgan fingerprint density at radius 2 is 1.69 bits per heavy atom. The lowest BCUT2D eigenvalue weighted by Crippen LogP contribution is -2.45. The van der Waals surface area contributed by atoms with E-state index in [0.29, 0.717) is 23.7 Å². The van der Waals surface area contributed by atoms with Crippen molar-refractivity contribution >= 4 is 0 Å². The molecule has 2 saturated carbocycles. The third-order valence-electron chi connectivity index (χ3n) is 4.24. The summed E-state index contributed by atoms with van der Waals surface area (Å²) in [6, 6.07) is 0. The summed E-state index contributed by atoms with van der Waals surface area (Å²) in [6.45, 7) is 4.42. The molecule has 76 valence electrons. The second-order valence-electron chi connectivity index (χ2n) is 5.07. The molecule has 0 saturated heterocycles. The Bertz CT molecular complexity index is 193. The molecule has 6 unspecified atom stereocenters. The van der Waals surface area contributed by atoms with Crippen LogP contribution in [0.4, 0.5) is 0 Å². The predicted octanol–water partition coefficient (Wildman–Crippen LogP) is 1.41. The van der Waals surface area contributed by atoms with Crippen molar-refractivity contribution in [2.75, 3.05) is 0 Å². The minimum absolute atomic E-state index is 0.360. The van der Waals surface area contributed by atoms with Gasteiger partial charge >= 0.3 is 0 Å². The molecule has 2 rings (SSSR count). The van der Waals surface area contributed by atoms with Gasteiger partial charge in [0.25, 0.3) is 0 Å². The molecule has 0 amide bonds. The van der Waals surface area contributed by atoms with Crippen LogP contribution >= 0.6 is 0 Å². The molecule has 13 heavy (non-hydrogen) atoms. The molecular formula is C11H20O2. The molecule has 6 atom stereocenters. The number of aliphatic hydroxyl groups is 2. The van der Waals surface area contributed by atoms with E-state index in [4.69, 9.17) is 0 Å². The maximum absolute atomic E-state index is 9.89. The van der Waals surface area contributed by atoms with Gasteiger partial charge in [0.15, 0.2) is 0 Å². The molecule has 2 aliphatic carbocycles. The zero-order valence-corrected chi connectivity index (χ0v) is 8.48. The third kappa shape index (κ3) is 1.40. The van der Waals surface area contributed by atoms with Crippen LogP contribution in [0.1, 0.15) is 33.1 Å². The van der Waals surface area contributed by atoms with E-state index in [1.54, 1.807) is 0 Å². The first-order valence-electron chi connectivity index (χ1n) is 5.47. The Hall–Kier alpha value is -0.0800. The molecule has 2 N–H and O–H groups in total. The highest BCUT2D eigenvalue weighted by atomic mass is 16.3. The Morgan fingerprint density at radius 1 is 1.00 bits per heavy atom. The SMILES string of the molecule is CC1CC(O)C(O)C2C(C)CCC12. The topological polar surface area (TPSA) is 40.5 Å². The number of hydrogen-bond acceptors (Lipinski definition) is 2. The van der Waals surface area contributed by atoms with E-state index in [1.165, 1.54) is 12.8 Å². The van der Waals surface area contributed by atoms with Crippen molar-refractivity contribution < 1.29 is 10.2 Å². The molecule has 0 radical (unpaired) electrons. The van der Waals surface area contributed by atoms with Crippen molar-refractivity contribution in [1.29, 1.82) is 0 Å². The third-order valence-corrected chi connectivity index (χ3v) is 4.24. The van der Waals surface area contributed by atoms with E-state index < -0.39 is 12.2 Å². The van der Waals surface area contributed by atoms with Gasteiger partial charge in [0.1, 0.15) is 0 Å². The number of aliphatic hydroxyl groups excluding tert-OH is 2. The van der Waals surface area contributed by atoms with Gasteiger partial charge in [-0.3, -0.25) is 0 Å². The van der Waals surface area contributed by atoms with Gasteiger partial charge in [-0.05, 0) is 36.5 Å². The maximum Gasteiger partial charge on any atom is 0.0832 e. The fourth-order valence-electron chi connectivity index (χ4n) is 3.47. The summed E-state index contributed by atoms with van der Waals surface area (Å²) in [4.78, 5) is 0. The van der Waals surface area contributed by atoms with Gasteiger partial charge < -0.3 is 10.2 Å². The van der Waals surface area contributed by atoms with Crippen LogP contribution in [0.15, 0.2) is 0 Å². The summed E-state index contributed by atoms with van der Waals surface area (Å²) in [5, 5.41) is 19.5. The summed E-state index contributed by atoms with van der Waals surface area (Å²) in [5.74, 6) is 2.21. The summed E-state index contributed by atoms with van der Waals surface area (Å²) in [6.07, 6.45) is 2.32. The van der Waals surface area contributed by atoms with E-state index in [1.807, 2.05) is 0 Å². The standard InChI is InChI=1S/C11H20O2/c1-6-3-4-8-7(2)5-9(12)11(13)10(6)8/h6-13H,3-5H2,1-2H3. The van der Waals surface area contributed by atoms with Crippen LogP contribution in [0.2, 0.25) is 0 Å². The van der Waals surface area contributed by atoms with Crippen LogP contribution < -0.4 is 0 Å². The highest BCUT2D eigenvalue weighted by Crippen LogP contribution is 2.48. The molecule has 2 fully saturated rings. The lowest BCUT2D eigenvalue weighted by atomic mass is 9.70. The molecule has 2 heteroatoms. The Balaban J connectivity index is 2.17. The molecule has 0 aromatic heterocycles. The zero-order chi connectivity index (χ0) is 9.59. The fraction of sp³-hybridized carbons (Fsp3) is 1.00. The van der Waals surface area contributed by atoms with Gasteiger partial charge in [-0.1, -0.05) is 20.3 Å². The van der Waals surface area contributed by atoms with E-state index >= 15 is 0 Å². The average Bonchev–Trinajstić information content (AvgIpc) is 2.44. The largest absolute Gasteiger partial charge is 0.390 e. The van der Waals surface area contributed by atoms with Crippen LogP contribution in [0.3, 0.4) is 0 Å². The van der Waals surface area contributed by atoms with Crippen molar-refractivity contribution in [3.05, 3.63) is 0 Å². The highest BCUT2D eigenvalue weighted by molar-refractivity contribution is 4.96. The molecule has 2 aliphatic rings. The Kier molecular flexibility index (Phi) is 2.37. The van der Waals surface area contributed by atoms with Crippen molar-refractivity contribution in [2.24, 2.45) is 23.7 Å². The minimum Gasteiger partial charge on any atom is -0.390 e. The monoisotopic (exact) mass is 184 g/mol. The zero-order valence-electron chi connectivity index (χ0n) is 8.48. The molecule has 0 aromatic carbocycles. The normalized spacial score (nSPS) is 56.3. The van der Waals surface area contributed by atoms with Crippen molar-refractivity contribution in [3.63, 3.8) is 0 Å². The van der Waals surface area contributed by atoms with Gasteiger partial charge in [0.05, 0.1) is 12.2 Å². The molecule has 2 nitrogen and oxygen atoms in total. The van der Waals surface area contributed by atoms with Gasteiger partial charge in [-0.25, -0.2) is 0 Å². The first-order valence-corrected chi connectivity index (χ1v) is 5.47. The van der Waals surface area contributed by atoms with E-state index in [0.717, 1.165) is 6.42 Å². The minimum atomic E-state index is -0.475. The second kappa shape index (κ2) is 3.25. The van der Waals surface area contributed by atoms with Crippen molar-refractivity contribution in [3.8, 4) is 0 Å². The fourth-order valence-corrected chi connectivity index (χ4v) is 3.47. The number of hydrogen-bond donors (Lipinski definition) is 2. The molecular weight excluding hydrogens is 164 g/mol. The van der Waals surface area contributed by atoms with Crippen LogP contribution in [0.25, 0.3) is 0 Å². The van der Waals surface area contributed by atoms with Gasteiger partial charge in [0, 0.05) is 0 Å². The summed E-state index contributed by atoms with van der Waals surface area (Å²) >= 11 is 0. The van der Waals surface area contributed by atoms with Gasteiger partial charge in [-0.2, -0.15) is 0 Å². The highest BCUT2D eigenvalue weighted by Gasteiger charge is 2.47. The van der Waals surface area contributed by atoms with E-state index in [9.17, 15) is 10.2 Å². The maximum atomic E-state index is 9.89. The molecule has 0 heterocycles. The number of rotatable bonds is 0. The second-order valence-corrected chi connectivity index (χ2v) is 5.07. The van der Waals surface area contributed by atoms with Crippen molar-refractivity contribution in [2.45, 2.75) is 45.3 Å². The van der Waals surface area contributed by atoms with Gasteiger partial charge in [0.2, 0.25) is 0 Å². The lowest BCUT2D eigenvalue weighted by Gasteiger charge is -2.40. The first kappa shape index (κ1) is 9.47. The number of fused-ring (bicyclic) bond motifs is 1. The van der Waals surface area contributed by atoms with Gasteiger partial charge in [-0.15, -0.1) is 0 Å². The van der Waals surface area contributed by atoms with Crippen LogP contribution in [0.5, 0.6) is 0 Å². The molecule has 0 aliphatic heterocycles. The first-order chi connectivity index (χ1) is 6.11. The van der Waals surface area contributed by atoms with Crippen LogP contribution in [-0.2, 0) is 0 Å².